The molecule has 1 saturated heterocycles. The first-order chi connectivity index (χ1) is 16.1. The number of piperidine rings is 1. The molecule has 0 unspecified atom stereocenters. The molecule has 0 spiro atoms. The highest BCUT2D eigenvalue weighted by molar-refractivity contribution is 7.12. The summed E-state index contributed by atoms with van der Waals surface area (Å²) in [5.41, 5.74) is 0.735. The molecule has 5 rings (SSSR count). The zero-order chi connectivity index (χ0) is 22.8. The second-order valence-corrected chi connectivity index (χ2v) is 9.57. The SMILES string of the molecule is CN1CCC(Oc2cccc3c2=C(N(C(=O)c2cccs2)c2ccccc2)N(Cl)CN=3)CC1.Cl. The topological polar surface area (TPSA) is 48.4 Å². The van der Waals surface area contributed by atoms with Crippen LogP contribution in [0.25, 0.3) is 5.82 Å². The van der Waals surface area contributed by atoms with Crippen molar-refractivity contribution >= 4 is 52.9 Å². The highest BCUT2D eigenvalue weighted by Gasteiger charge is 2.30. The number of ether oxygens (including phenoxy) is 1. The summed E-state index contributed by atoms with van der Waals surface area (Å²) in [5.74, 6) is 1.12. The summed E-state index contributed by atoms with van der Waals surface area (Å²) in [6, 6.07) is 19.1. The Morgan fingerprint density at radius 2 is 1.85 bits per heavy atom. The van der Waals surface area contributed by atoms with Gasteiger partial charge in [-0.05, 0) is 55.6 Å². The first-order valence-corrected chi connectivity index (χ1v) is 12.2. The Balaban J connectivity index is 0.00000274. The average Bonchev–Trinajstić information content (AvgIpc) is 3.38. The van der Waals surface area contributed by atoms with Crippen molar-refractivity contribution in [3.63, 3.8) is 0 Å². The van der Waals surface area contributed by atoms with Gasteiger partial charge in [0, 0.05) is 24.9 Å². The van der Waals surface area contributed by atoms with Crippen molar-refractivity contribution in [3.05, 3.63) is 81.5 Å². The molecule has 1 amide bonds. The maximum absolute atomic E-state index is 13.8. The third kappa shape index (κ3) is 4.93. The number of likely N-dealkylation sites (tertiary alicyclic amines) is 1. The molecular weight excluding hydrogens is 491 g/mol. The fourth-order valence-corrected chi connectivity index (χ4v) is 5.09. The molecular formula is C25H26Cl2N4O2S. The summed E-state index contributed by atoms with van der Waals surface area (Å²) in [6.45, 7) is 2.23. The number of carbonyl (C=O) groups excluding carboxylic acids is 1. The van der Waals surface area contributed by atoms with E-state index in [1.807, 2.05) is 66.0 Å². The molecule has 9 heteroatoms. The van der Waals surface area contributed by atoms with Crippen LogP contribution in [0.15, 0.2) is 71.0 Å². The second-order valence-electron chi connectivity index (χ2n) is 8.21. The summed E-state index contributed by atoms with van der Waals surface area (Å²) in [5, 5.41) is 3.41. The number of hydrogen-bond acceptors (Lipinski definition) is 6. The van der Waals surface area contributed by atoms with E-state index in [0.717, 1.165) is 42.2 Å². The Bertz CT molecular complexity index is 1250. The van der Waals surface area contributed by atoms with E-state index < -0.39 is 0 Å². The summed E-state index contributed by atoms with van der Waals surface area (Å²) >= 11 is 8.15. The lowest BCUT2D eigenvalue weighted by Gasteiger charge is -2.33. The Hall–Kier alpha value is -2.58. The monoisotopic (exact) mass is 516 g/mol. The molecule has 1 fully saturated rings. The molecule has 2 aromatic carbocycles. The predicted octanol–water partition coefficient (Wildman–Crippen LogP) is 4.10. The van der Waals surface area contributed by atoms with Crippen molar-refractivity contribution < 1.29 is 9.53 Å². The number of hydrogen-bond donors (Lipinski definition) is 0. The number of anilines is 1. The van der Waals surface area contributed by atoms with Crippen LogP contribution in [0.5, 0.6) is 5.75 Å². The number of amides is 1. The fourth-order valence-electron chi connectivity index (χ4n) is 4.23. The molecule has 0 bridgehead atoms. The lowest BCUT2D eigenvalue weighted by Crippen LogP contribution is -2.47. The zero-order valence-corrected chi connectivity index (χ0v) is 21.2. The van der Waals surface area contributed by atoms with Crippen LogP contribution >= 0.6 is 35.5 Å². The lowest BCUT2D eigenvalue weighted by atomic mass is 10.1. The van der Waals surface area contributed by atoms with Gasteiger partial charge in [0.05, 0.1) is 21.1 Å². The van der Waals surface area contributed by atoms with Crippen LogP contribution in [0.1, 0.15) is 22.5 Å². The van der Waals surface area contributed by atoms with E-state index in [4.69, 9.17) is 16.5 Å². The number of benzene rings is 2. The summed E-state index contributed by atoms with van der Waals surface area (Å²) in [4.78, 5) is 23.0. The molecule has 2 aliphatic heterocycles. The van der Waals surface area contributed by atoms with Crippen LogP contribution in [-0.2, 0) is 0 Å². The number of rotatable bonds is 5. The third-order valence-electron chi connectivity index (χ3n) is 5.94. The van der Waals surface area contributed by atoms with Gasteiger partial charge in [0.15, 0.2) is 0 Å². The van der Waals surface area contributed by atoms with Gasteiger partial charge in [-0.1, -0.05) is 30.3 Å². The minimum absolute atomic E-state index is 0. The minimum atomic E-state index is -0.140. The van der Waals surface area contributed by atoms with Crippen LogP contribution in [0.4, 0.5) is 5.69 Å². The van der Waals surface area contributed by atoms with E-state index in [9.17, 15) is 4.79 Å². The van der Waals surface area contributed by atoms with Gasteiger partial charge in [-0.2, -0.15) is 0 Å². The highest BCUT2D eigenvalue weighted by Crippen LogP contribution is 2.28. The first-order valence-electron chi connectivity index (χ1n) is 11.0. The molecule has 3 heterocycles. The van der Waals surface area contributed by atoms with Crippen LogP contribution < -0.4 is 20.2 Å². The van der Waals surface area contributed by atoms with E-state index in [1.54, 1.807) is 4.90 Å². The van der Waals surface area contributed by atoms with E-state index >= 15 is 0 Å². The Morgan fingerprint density at radius 3 is 2.56 bits per heavy atom. The second kappa shape index (κ2) is 10.8. The highest BCUT2D eigenvalue weighted by atomic mass is 35.5. The van der Waals surface area contributed by atoms with Gasteiger partial charge in [0.2, 0.25) is 0 Å². The predicted molar refractivity (Wildman–Crippen MR) is 139 cm³/mol. The number of carbonyl (C=O) groups is 1. The summed E-state index contributed by atoms with van der Waals surface area (Å²) in [7, 11) is 2.13. The Morgan fingerprint density at radius 1 is 1.09 bits per heavy atom. The van der Waals surface area contributed by atoms with Crippen molar-refractivity contribution in [3.8, 4) is 5.75 Å². The van der Waals surface area contributed by atoms with Crippen molar-refractivity contribution in [1.29, 1.82) is 0 Å². The Kier molecular flexibility index (Phi) is 7.78. The van der Waals surface area contributed by atoms with Crippen molar-refractivity contribution in [2.24, 2.45) is 4.99 Å². The number of thiophene rings is 1. The standard InChI is InChI=1S/C25H25ClN4O2S.ClH/c1-28-14-12-19(13-15-28)32-21-10-5-9-20-23(21)24(29(26)17-27-20)30(18-7-3-2-4-8-18)25(31)22-11-6-16-33-22;/h2-11,16,19H,12-15,17H2,1H3;1H. The van der Waals surface area contributed by atoms with Crippen LogP contribution in [-0.4, -0.2) is 48.1 Å². The van der Waals surface area contributed by atoms with Crippen molar-refractivity contribution in [2.75, 3.05) is 31.7 Å². The molecule has 2 aliphatic rings. The lowest BCUT2D eigenvalue weighted by molar-refractivity contribution is 0.100. The molecule has 0 aliphatic carbocycles. The number of para-hydroxylation sites is 1. The first kappa shape index (κ1) is 24.5. The third-order valence-corrected chi connectivity index (χ3v) is 7.07. The van der Waals surface area contributed by atoms with Crippen molar-refractivity contribution in [1.82, 2.24) is 9.32 Å². The van der Waals surface area contributed by atoms with Crippen LogP contribution in [0, 0.1) is 0 Å². The van der Waals surface area contributed by atoms with Gasteiger partial charge >= 0.3 is 0 Å². The zero-order valence-electron chi connectivity index (χ0n) is 18.8. The molecule has 3 aromatic rings. The molecule has 0 saturated carbocycles. The fraction of sp³-hybridized carbons (Fsp3) is 0.280. The van der Waals surface area contributed by atoms with E-state index in [2.05, 4.69) is 16.9 Å². The number of nitrogens with zero attached hydrogens (tertiary/aromatic N) is 4. The van der Waals surface area contributed by atoms with Crippen molar-refractivity contribution in [2.45, 2.75) is 18.9 Å². The van der Waals surface area contributed by atoms with E-state index in [1.165, 1.54) is 15.8 Å². The number of fused-ring (bicyclic) bond motifs is 1. The average molecular weight is 517 g/mol. The van der Waals surface area contributed by atoms with Gasteiger partial charge in [0.1, 0.15) is 24.3 Å². The van der Waals surface area contributed by atoms with E-state index in [-0.39, 0.29) is 31.1 Å². The normalized spacial score (nSPS) is 16.3. The Labute approximate surface area is 214 Å². The maximum atomic E-state index is 13.8. The van der Waals surface area contributed by atoms with Gasteiger partial charge in [0.25, 0.3) is 5.91 Å². The van der Waals surface area contributed by atoms with Gasteiger partial charge in [-0.3, -0.25) is 14.7 Å². The molecule has 0 radical (unpaired) electrons. The van der Waals surface area contributed by atoms with Gasteiger partial charge in [-0.25, -0.2) is 4.42 Å². The molecule has 178 valence electrons. The molecule has 0 atom stereocenters. The molecule has 0 N–H and O–H groups in total. The largest absolute Gasteiger partial charge is 0.489 e. The minimum Gasteiger partial charge on any atom is -0.489 e. The smallest absolute Gasteiger partial charge is 0.274 e. The number of halogens is 2. The van der Waals surface area contributed by atoms with E-state index in [0.29, 0.717) is 16.4 Å². The van der Waals surface area contributed by atoms with Crippen LogP contribution in [0.3, 0.4) is 0 Å². The molecule has 6 nitrogen and oxygen atoms in total. The molecule has 1 aromatic heterocycles. The van der Waals surface area contributed by atoms with Crippen LogP contribution in [0.2, 0.25) is 0 Å². The summed E-state index contributed by atoms with van der Waals surface area (Å²) < 4.78 is 8.01. The summed E-state index contributed by atoms with van der Waals surface area (Å²) in [6.07, 6.45) is 2.01. The van der Waals surface area contributed by atoms with Gasteiger partial charge in [-0.15, -0.1) is 23.7 Å². The maximum Gasteiger partial charge on any atom is 0.274 e. The van der Waals surface area contributed by atoms with Gasteiger partial charge < -0.3 is 9.64 Å². The molecule has 34 heavy (non-hydrogen) atoms. The quantitative estimate of drug-likeness (QED) is 0.479.